The number of aromatic nitrogens is 3. The van der Waals surface area contributed by atoms with Crippen molar-refractivity contribution in [1.29, 1.82) is 5.26 Å². The first-order valence-electron chi connectivity index (χ1n) is 12.7. The van der Waals surface area contributed by atoms with Crippen molar-refractivity contribution in [3.05, 3.63) is 94.1 Å². The lowest BCUT2D eigenvalue weighted by Crippen LogP contribution is -2.47. The Hall–Kier alpha value is -4.71. The number of anilines is 2. The number of carbonyl (C=O) groups is 2. The molecule has 1 atom stereocenters. The normalized spacial score (nSPS) is 16.7. The zero-order valence-electron chi connectivity index (χ0n) is 21.1. The maximum absolute atomic E-state index is 13.7. The van der Waals surface area contributed by atoms with Gasteiger partial charge in [-0.1, -0.05) is 23.4 Å². The summed E-state index contributed by atoms with van der Waals surface area (Å²) in [5, 5.41) is 20.4. The molecule has 3 heterocycles. The molecule has 0 spiro atoms. The van der Waals surface area contributed by atoms with E-state index in [0.29, 0.717) is 23.7 Å². The van der Waals surface area contributed by atoms with Crippen molar-refractivity contribution in [2.75, 3.05) is 10.2 Å². The summed E-state index contributed by atoms with van der Waals surface area (Å²) in [6.45, 7) is 4.40. The summed E-state index contributed by atoms with van der Waals surface area (Å²) in [6, 6.07) is 16.5. The maximum atomic E-state index is 13.7. The van der Waals surface area contributed by atoms with Crippen molar-refractivity contribution < 1.29 is 14.1 Å². The molecule has 1 unspecified atom stereocenters. The van der Waals surface area contributed by atoms with Crippen LogP contribution in [0.5, 0.6) is 0 Å². The lowest BCUT2D eigenvalue weighted by Gasteiger charge is -2.34. The van der Waals surface area contributed by atoms with Gasteiger partial charge in [0, 0.05) is 29.3 Å². The minimum atomic E-state index is -0.449. The number of hydrogen-bond acceptors (Lipinski definition) is 6. The number of fused-ring (bicyclic) bond motifs is 1. The molecule has 190 valence electrons. The molecule has 2 aromatic carbocycles. The number of amides is 2. The van der Waals surface area contributed by atoms with Gasteiger partial charge in [0.25, 0.3) is 11.8 Å². The molecule has 1 aliphatic heterocycles. The van der Waals surface area contributed by atoms with Crippen molar-refractivity contribution in [3.63, 3.8) is 0 Å². The van der Waals surface area contributed by atoms with Crippen molar-refractivity contribution in [3.8, 4) is 6.07 Å². The van der Waals surface area contributed by atoms with Gasteiger partial charge in [-0.3, -0.25) is 14.3 Å². The van der Waals surface area contributed by atoms with Crippen LogP contribution in [0.4, 0.5) is 11.4 Å². The van der Waals surface area contributed by atoms with Crippen molar-refractivity contribution in [2.24, 2.45) is 0 Å². The highest BCUT2D eigenvalue weighted by molar-refractivity contribution is 6.15. The highest BCUT2D eigenvalue weighted by Gasteiger charge is 2.36. The number of nitriles is 1. The molecule has 1 aliphatic carbocycles. The molecule has 6 rings (SSSR count). The first kappa shape index (κ1) is 23.7. The van der Waals surface area contributed by atoms with Crippen LogP contribution in [-0.4, -0.2) is 32.8 Å². The number of hydrogen-bond donors (Lipinski definition) is 1. The number of nitrogens with one attached hydrogen (secondary N) is 1. The predicted octanol–water partition coefficient (Wildman–Crippen LogP) is 4.82. The van der Waals surface area contributed by atoms with E-state index in [-0.39, 0.29) is 23.2 Å². The van der Waals surface area contributed by atoms with Crippen LogP contribution in [-0.2, 0) is 13.0 Å². The Morgan fingerprint density at radius 3 is 2.74 bits per heavy atom. The lowest BCUT2D eigenvalue weighted by atomic mass is 10.0. The Balaban J connectivity index is 1.23. The van der Waals surface area contributed by atoms with Gasteiger partial charge in [-0.25, -0.2) is 0 Å². The number of rotatable bonds is 6. The molecular formula is C29H26N6O3. The largest absolute Gasteiger partial charge is 0.361 e. The average molecular weight is 507 g/mol. The van der Waals surface area contributed by atoms with E-state index in [9.17, 15) is 9.59 Å². The van der Waals surface area contributed by atoms with Crippen molar-refractivity contribution in [1.82, 2.24) is 14.9 Å². The summed E-state index contributed by atoms with van der Waals surface area (Å²) in [4.78, 5) is 28.5. The van der Waals surface area contributed by atoms with E-state index in [4.69, 9.17) is 9.78 Å². The number of benzene rings is 2. The number of nitrogens with zero attached hydrogens (tertiary/aromatic N) is 5. The molecule has 9 nitrogen and oxygen atoms in total. The van der Waals surface area contributed by atoms with Gasteiger partial charge in [-0.15, -0.1) is 0 Å². The van der Waals surface area contributed by atoms with Crippen molar-refractivity contribution in [2.45, 2.75) is 51.6 Å². The summed E-state index contributed by atoms with van der Waals surface area (Å²) in [6.07, 6.45) is 4.46. The summed E-state index contributed by atoms with van der Waals surface area (Å²) < 4.78 is 7.18. The quantitative estimate of drug-likeness (QED) is 0.401. The third-order valence-corrected chi connectivity index (χ3v) is 7.19. The van der Waals surface area contributed by atoms with Crippen LogP contribution >= 0.6 is 0 Å². The molecule has 9 heteroatoms. The zero-order valence-corrected chi connectivity index (χ0v) is 21.1. The summed E-state index contributed by atoms with van der Waals surface area (Å²) in [5.41, 5.74) is 5.31. The molecule has 0 saturated heterocycles. The molecule has 0 radical (unpaired) electrons. The molecule has 1 fully saturated rings. The van der Waals surface area contributed by atoms with Crippen LogP contribution in [0.2, 0.25) is 0 Å². The first-order valence-corrected chi connectivity index (χ1v) is 12.7. The number of aryl methyl sites for hydroxylation is 1. The second-order valence-electron chi connectivity index (χ2n) is 9.99. The Morgan fingerprint density at radius 1 is 1.21 bits per heavy atom. The molecule has 38 heavy (non-hydrogen) atoms. The zero-order chi connectivity index (χ0) is 26.4. The highest BCUT2D eigenvalue weighted by atomic mass is 16.5. The number of carbonyl (C=O) groups excluding carboxylic acids is 2. The minimum absolute atomic E-state index is 0.147. The van der Waals surface area contributed by atoms with Gasteiger partial charge < -0.3 is 14.7 Å². The smallest absolute Gasteiger partial charge is 0.277 e. The van der Waals surface area contributed by atoms with Gasteiger partial charge in [0.15, 0.2) is 0 Å². The van der Waals surface area contributed by atoms with E-state index < -0.39 is 5.91 Å². The van der Waals surface area contributed by atoms with E-state index in [1.165, 1.54) is 6.20 Å². The second-order valence-corrected chi connectivity index (χ2v) is 9.99. The molecule has 2 aliphatic rings. The van der Waals surface area contributed by atoms with Crippen LogP contribution in [0.1, 0.15) is 74.7 Å². The molecule has 0 bridgehead atoms. The second kappa shape index (κ2) is 9.30. The lowest BCUT2D eigenvalue weighted by molar-refractivity contribution is 0.0933. The SMILES string of the molecule is Cc1noc(C2CC2)c1Cc1ccc(N2C(=O)c3c(C(=O)Nc4cccc(C#N)c4)cnn3CC2C)cc1. The van der Waals surface area contributed by atoms with Gasteiger partial charge in [0.2, 0.25) is 0 Å². The maximum Gasteiger partial charge on any atom is 0.277 e. The van der Waals surface area contributed by atoms with Crippen LogP contribution in [0.3, 0.4) is 0 Å². The monoisotopic (exact) mass is 506 g/mol. The Morgan fingerprint density at radius 2 is 2.00 bits per heavy atom. The van der Waals surface area contributed by atoms with E-state index >= 15 is 0 Å². The van der Waals surface area contributed by atoms with E-state index in [1.807, 2.05) is 38.1 Å². The van der Waals surface area contributed by atoms with Gasteiger partial charge in [0.1, 0.15) is 11.5 Å². The first-order chi connectivity index (χ1) is 18.4. The average Bonchev–Trinajstić information content (AvgIpc) is 3.57. The van der Waals surface area contributed by atoms with Crippen LogP contribution in [0.25, 0.3) is 0 Å². The summed E-state index contributed by atoms with van der Waals surface area (Å²) in [5.74, 6) is 0.763. The Bertz CT molecular complexity index is 1590. The van der Waals surface area contributed by atoms with Crippen LogP contribution < -0.4 is 10.2 Å². The van der Waals surface area contributed by atoms with Gasteiger partial charge in [-0.2, -0.15) is 10.4 Å². The molecule has 1 saturated carbocycles. The summed E-state index contributed by atoms with van der Waals surface area (Å²) in [7, 11) is 0. The minimum Gasteiger partial charge on any atom is -0.361 e. The van der Waals surface area contributed by atoms with Gasteiger partial charge in [-0.05, 0) is 62.6 Å². The van der Waals surface area contributed by atoms with E-state index in [0.717, 1.165) is 47.5 Å². The standard InChI is InChI=1S/C29H26N6O3/c1-17-16-34-26(25(15-31-34)28(36)32-22-5-3-4-20(12-22)14-30)29(37)35(17)23-10-6-19(7-11-23)13-24-18(2)33-38-27(24)21-8-9-21/h3-7,10-12,15,17,21H,8-9,13,16H2,1-2H3,(H,32,36). The van der Waals surface area contributed by atoms with Crippen molar-refractivity contribution >= 4 is 23.2 Å². The molecular weight excluding hydrogens is 480 g/mol. The topological polar surface area (TPSA) is 117 Å². The van der Waals surface area contributed by atoms with E-state index in [1.54, 1.807) is 33.8 Å². The fourth-order valence-corrected chi connectivity index (χ4v) is 5.06. The third kappa shape index (κ3) is 4.24. The van der Waals surface area contributed by atoms with Gasteiger partial charge in [0.05, 0.1) is 41.7 Å². The van der Waals surface area contributed by atoms with Crippen LogP contribution in [0.15, 0.2) is 59.3 Å². The third-order valence-electron chi connectivity index (χ3n) is 7.19. The summed E-state index contributed by atoms with van der Waals surface area (Å²) >= 11 is 0. The highest BCUT2D eigenvalue weighted by Crippen LogP contribution is 2.43. The molecule has 4 aromatic rings. The Labute approximate surface area is 219 Å². The van der Waals surface area contributed by atoms with E-state index in [2.05, 4.69) is 21.6 Å². The fourth-order valence-electron chi connectivity index (χ4n) is 5.06. The van der Waals surface area contributed by atoms with Crippen LogP contribution in [0, 0.1) is 18.3 Å². The fraction of sp³-hybridized carbons (Fsp3) is 0.276. The molecule has 2 amide bonds. The van der Waals surface area contributed by atoms with Gasteiger partial charge >= 0.3 is 0 Å². The molecule has 2 aromatic heterocycles. The molecule has 1 N–H and O–H groups in total. The Kier molecular flexibility index (Phi) is 5.80. The predicted molar refractivity (Wildman–Crippen MR) is 140 cm³/mol.